The van der Waals surface area contributed by atoms with Crippen molar-refractivity contribution in [3.63, 3.8) is 0 Å². The fraction of sp³-hybridized carbons (Fsp3) is 0.158. The number of hydrogen-bond acceptors (Lipinski definition) is 5. The van der Waals surface area contributed by atoms with Crippen LogP contribution < -0.4 is 15.0 Å². The first-order valence-corrected chi connectivity index (χ1v) is 9.29. The van der Waals surface area contributed by atoms with Crippen LogP contribution in [0.15, 0.2) is 63.2 Å². The van der Waals surface area contributed by atoms with Gasteiger partial charge < -0.3 is 9.47 Å². The number of benzene rings is 2. The Kier molecular flexibility index (Phi) is 6.09. The van der Waals surface area contributed by atoms with Gasteiger partial charge in [-0.25, -0.2) is 0 Å². The summed E-state index contributed by atoms with van der Waals surface area (Å²) in [6.07, 6.45) is -3.13. The number of aromatic nitrogens is 2. The third-order valence-corrected chi connectivity index (χ3v) is 5.20. The maximum Gasteiger partial charge on any atom is 0.417 e. The fourth-order valence-electron chi connectivity index (χ4n) is 2.52. The maximum atomic E-state index is 12.8. The molecule has 2 aromatic carbocycles. The van der Waals surface area contributed by atoms with Crippen LogP contribution in [0, 0.1) is 0 Å². The molecule has 0 atom stereocenters. The molecule has 1 aromatic heterocycles. The Labute approximate surface area is 173 Å². The lowest BCUT2D eigenvalue weighted by Gasteiger charge is -2.11. The third kappa shape index (κ3) is 4.51. The van der Waals surface area contributed by atoms with E-state index in [0.29, 0.717) is 10.6 Å². The Morgan fingerprint density at radius 1 is 1.03 bits per heavy atom. The van der Waals surface area contributed by atoms with Crippen LogP contribution in [0.1, 0.15) is 5.56 Å². The van der Waals surface area contributed by atoms with E-state index in [1.54, 1.807) is 24.3 Å². The monoisotopic (exact) mass is 442 g/mol. The van der Waals surface area contributed by atoms with E-state index >= 15 is 0 Å². The highest BCUT2D eigenvalue weighted by Gasteiger charge is 2.33. The summed E-state index contributed by atoms with van der Waals surface area (Å²) >= 11 is 6.99. The van der Waals surface area contributed by atoms with Crippen molar-refractivity contribution in [3.8, 4) is 17.2 Å². The zero-order valence-electron chi connectivity index (χ0n) is 15.2. The molecule has 0 saturated carbocycles. The molecular formula is C19H14ClF3N2O3S. The van der Waals surface area contributed by atoms with E-state index in [9.17, 15) is 18.0 Å². The van der Waals surface area contributed by atoms with Crippen LogP contribution >= 0.6 is 23.4 Å². The lowest BCUT2D eigenvalue weighted by molar-refractivity contribution is -0.137. The molecule has 0 fully saturated rings. The summed E-state index contributed by atoms with van der Waals surface area (Å²) < 4.78 is 49.7. The Balaban J connectivity index is 1.85. The minimum Gasteiger partial charge on any atom is -0.491 e. The quantitative estimate of drug-likeness (QED) is 0.552. The van der Waals surface area contributed by atoms with Crippen LogP contribution in [0.25, 0.3) is 5.69 Å². The van der Waals surface area contributed by atoms with Gasteiger partial charge in [0.15, 0.2) is 5.75 Å². The Morgan fingerprint density at radius 3 is 2.24 bits per heavy atom. The molecule has 0 saturated heterocycles. The fourth-order valence-corrected chi connectivity index (χ4v) is 3.73. The lowest BCUT2D eigenvalue weighted by atomic mass is 10.2. The maximum absolute atomic E-state index is 12.8. The number of nitrogens with zero attached hydrogens (tertiary/aromatic N) is 2. The first kappa shape index (κ1) is 21.1. The summed E-state index contributed by atoms with van der Waals surface area (Å²) in [6.45, 7) is 0. The Morgan fingerprint density at radius 2 is 1.69 bits per heavy atom. The topological polar surface area (TPSA) is 53.4 Å². The van der Waals surface area contributed by atoms with Gasteiger partial charge in [0.2, 0.25) is 5.75 Å². The van der Waals surface area contributed by atoms with Crippen molar-refractivity contribution in [1.29, 1.82) is 0 Å². The minimum atomic E-state index is -4.50. The average Bonchev–Trinajstić information content (AvgIpc) is 2.67. The van der Waals surface area contributed by atoms with Crippen molar-refractivity contribution in [3.05, 3.63) is 69.6 Å². The van der Waals surface area contributed by atoms with E-state index in [1.165, 1.54) is 44.3 Å². The second-order valence-corrected chi connectivity index (χ2v) is 7.25. The van der Waals surface area contributed by atoms with Gasteiger partial charge in [-0.15, -0.1) is 0 Å². The molecule has 3 aromatic rings. The molecule has 0 N–H and O–H groups in total. The number of ether oxygens (including phenoxy) is 2. The third-order valence-electron chi connectivity index (χ3n) is 3.89. The van der Waals surface area contributed by atoms with Crippen LogP contribution in [0.4, 0.5) is 13.2 Å². The number of alkyl halides is 3. The zero-order chi connectivity index (χ0) is 21.2. The predicted molar refractivity (Wildman–Crippen MR) is 104 cm³/mol. The summed E-state index contributed by atoms with van der Waals surface area (Å²) in [5.74, 6) is 0.250. The highest BCUT2D eigenvalue weighted by Crippen LogP contribution is 2.38. The van der Waals surface area contributed by atoms with Crippen LogP contribution in [-0.4, -0.2) is 24.0 Å². The Bertz CT molecular complexity index is 1090. The lowest BCUT2D eigenvalue weighted by Crippen LogP contribution is -2.22. The molecule has 5 nitrogen and oxygen atoms in total. The zero-order valence-corrected chi connectivity index (χ0v) is 16.7. The molecule has 0 aliphatic carbocycles. The molecule has 0 amide bonds. The number of methoxy groups -OCH3 is 2. The molecule has 152 valence electrons. The van der Waals surface area contributed by atoms with Gasteiger partial charge in [-0.05, 0) is 42.5 Å². The van der Waals surface area contributed by atoms with Crippen LogP contribution in [0.5, 0.6) is 11.5 Å². The van der Waals surface area contributed by atoms with Crippen LogP contribution in [0.3, 0.4) is 0 Å². The van der Waals surface area contributed by atoms with Crippen molar-refractivity contribution >= 4 is 23.4 Å². The van der Waals surface area contributed by atoms with Gasteiger partial charge in [0, 0.05) is 9.79 Å². The molecule has 29 heavy (non-hydrogen) atoms. The van der Waals surface area contributed by atoms with Gasteiger partial charge in [-0.3, -0.25) is 4.79 Å². The summed E-state index contributed by atoms with van der Waals surface area (Å²) in [6, 6.07) is 10.3. The van der Waals surface area contributed by atoms with E-state index in [2.05, 4.69) is 5.10 Å². The SMILES string of the molecule is COc1cnn(-c2ccc(Sc3ccc(C(F)(F)F)c(Cl)c3)cc2)c(=O)c1OC. The van der Waals surface area contributed by atoms with Crippen LogP contribution in [-0.2, 0) is 6.18 Å². The van der Waals surface area contributed by atoms with Crippen molar-refractivity contribution < 1.29 is 22.6 Å². The van der Waals surface area contributed by atoms with Crippen molar-refractivity contribution in [2.24, 2.45) is 0 Å². The molecule has 0 bridgehead atoms. The summed E-state index contributed by atoms with van der Waals surface area (Å²) in [5, 5.41) is 3.69. The molecule has 10 heteroatoms. The van der Waals surface area contributed by atoms with Crippen LogP contribution in [0.2, 0.25) is 5.02 Å². The van der Waals surface area contributed by atoms with Crippen molar-refractivity contribution in [1.82, 2.24) is 9.78 Å². The van der Waals surface area contributed by atoms with Gasteiger partial charge in [-0.2, -0.15) is 23.0 Å². The van der Waals surface area contributed by atoms with Gasteiger partial charge >= 0.3 is 11.7 Å². The minimum absolute atomic E-state index is 0.0281. The Hall–Kier alpha value is -2.65. The average molecular weight is 443 g/mol. The molecule has 0 unspecified atom stereocenters. The summed E-state index contributed by atoms with van der Waals surface area (Å²) in [4.78, 5) is 13.8. The molecule has 0 radical (unpaired) electrons. The van der Waals surface area contributed by atoms with Crippen molar-refractivity contribution in [2.45, 2.75) is 16.0 Å². The van der Waals surface area contributed by atoms with E-state index in [1.807, 2.05) is 0 Å². The van der Waals surface area contributed by atoms with E-state index in [4.69, 9.17) is 21.1 Å². The molecule has 3 rings (SSSR count). The normalized spacial score (nSPS) is 11.4. The predicted octanol–water partition coefficient (Wildman–Crippen LogP) is 5.07. The van der Waals surface area contributed by atoms with Gasteiger partial charge in [0.1, 0.15) is 0 Å². The first-order valence-electron chi connectivity index (χ1n) is 8.10. The molecule has 0 aliphatic heterocycles. The number of rotatable bonds is 5. The molecule has 0 aliphatic rings. The molecule has 1 heterocycles. The van der Waals surface area contributed by atoms with E-state index in [-0.39, 0.29) is 16.5 Å². The summed E-state index contributed by atoms with van der Waals surface area (Å²) in [7, 11) is 2.77. The smallest absolute Gasteiger partial charge is 0.417 e. The highest BCUT2D eigenvalue weighted by molar-refractivity contribution is 7.99. The van der Waals surface area contributed by atoms with E-state index in [0.717, 1.165) is 15.6 Å². The van der Waals surface area contributed by atoms with Crippen molar-refractivity contribution in [2.75, 3.05) is 14.2 Å². The second kappa shape index (κ2) is 8.38. The van der Waals surface area contributed by atoms with Gasteiger partial charge in [0.05, 0.1) is 36.7 Å². The number of hydrogen-bond donors (Lipinski definition) is 0. The summed E-state index contributed by atoms with van der Waals surface area (Å²) in [5.41, 5.74) is -0.870. The highest BCUT2D eigenvalue weighted by atomic mass is 35.5. The molecule has 0 spiro atoms. The number of halogens is 4. The van der Waals surface area contributed by atoms with Gasteiger partial charge in [0.25, 0.3) is 0 Å². The largest absolute Gasteiger partial charge is 0.491 e. The first-order chi connectivity index (χ1) is 13.7. The second-order valence-electron chi connectivity index (χ2n) is 5.70. The van der Waals surface area contributed by atoms with E-state index < -0.39 is 17.3 Å². The standard InChI is InChI=1S/C19H14ClF3N2O3S/c1-27-16-10-24-25(18(26)17(16)28-2)11-3-5-12(6-4-11)29-13-7-8-14(15(20)9-13)19(21,22)23/h3-10H,1-2H3. The molecular weight excluding hydrogens is 429 g/mol. The van der Waals surface area contributed by atoms with Gasteiger partial charge in [-0.1, -0.05) is 23.4 Å².